The van der Waals surface area contributed by atoms with Crippen LogP contribution in [-0.4, -0.2) is 19.3 Å². The normalized spacial score (nSPS) is 11.8. The van der Waals surface area contributed by atoms with E-state index in [1.165, 1.54) is 0 Å². The highest BCUT2D eigenvalue weighted by Gasteiger charge is 2.15. The number of rotatable bonds is 6. The Hall–Kier alpha value is -2.07. The summed E-state index contributed by atoms with van der Waals surface area (Å²) in [5, 5.41) is 5.99. The van der Waals surface area contributed by atoms with Crippen LogP contribution in [0.15, 0.2) is 48.5 Å². The van der Waals surface area contributed by atoms with Gasteiger partial charge in [-0.2, -0.15) is 0 Å². The number of aryl methyl sites for hydroxylation is 1. The van der Waals surface area contributed by atoms with Gasteiger partial charge in [-0.05, 0) is 36.6 Å². The lowest BCUT2D eigenvalue weighted by molar-refractivity contribution is 0.236. The van der Waals surface area contributed by atoms with Crippen LogP contribution in [0.3, 0.4) is 0 Å². The van der Waals surface area contributed by atoms with Crippen LogP contribution in [0.1, 0.15) is 22.7 Å². The van der Waals surface area contributed by atoms with E-state index in [9.17, 15) is 9.18 Å². The fourth-order valence-corrected chi connectivity index (χ4v) is 2.62. The summed E-state index contributed by atoms with van der Waals surface area (Å²) < 4.78 is 12.2. The Kier molecular flexibility index (Phi) is 6.41. The van der Waals surface area contributed by atoms with Gasteiger partial charge in [0, 0.05) is 11.6 Å². The predicted molar refractivity (Wildman–Crippen MR) is 91.6 cm³/mol. The third-order valence-electron chi connectivity index (χ3n) is 3.46. The zero-order chi connectivity index (χ0) is 16.7. The van der Waals surface area contributed by atoms with E-state index in [1.807, 2.05) is 43.3 Å². The minimum absolute atomic E-state index is 0.00144. The predicted octanol–water partition coefficient (Wildman–Crippen LogP) is 4.20. The van der Waals surface area contributed by atoms with Crippen molar-refractivity contribution in [1.29, 1.82) is 0 Å². The number of amides is 2. The SMILES string of the molecule is Cc1cccc(CC(NC(=O)NCCF)c2cccc(Cl)c2)c1. The van der Waals surface area contributed by atoms with Crippen LogP contribution in [0.5, 0.6) is 0 Å². The van der Waals surface area contributed by atoms with Gasteiger partial charge in [-0.1, -0.05) is 53.6 Å². The molecular formula is C18H20ClFN2O. The molecule has 2 N–H and O–H groups in total. The van der Waals surface area contributed by atoms with E-state index in [0.717, 1.165) is 16.7 Å². The van der Waals surface area contributed by atoms with Gasteiger partial charge < -0.3 is 10.6 Å². The van der Waals surface area contributed by atoms with Crippen molar-refractivity contribution >= 4 is 17.6 Å². The van der Waals surface area contributed by atoms with Crippen molar-refractivity contribution in [2.75, 3.05) is 13.2 Å². The van der Waals surface area contributed by atoms with Crippen molar-refractivity contribution in [3.8, 4) is 0 Å². The van der Waals surface area contributed by atoms with Crippen molar-refractivity contribution in [1.82, 2.24) is 10.6 Å². The van der Waals surface area contributed by atoms with Crippen LogP contribution in [0.25, 0.3) is 0 Å². The number of urea groups is 1. The summed E-state index contributed by atoms with van der Waals surface area (Å²) in [6.45, 7) is 1.44. The van der Waals surface area contributed by atoms with E-state index in [0.29, 0.717) is 11.4 Å². The second-order valence-corrected chi connectivity index (χ2v) is 5.83. The van der Waals surface area contributed by atoms with Crippen molar-refractivity contribution in [3.63, 3.8) is 0 Å². The molecule has 0 aliphatic carbocycles. The Labute approximate surface area is 140 Å². The molecule has 5 heteroatoms. The van der Waals surface area contributed by atoms with Crippen LogP contribution < -0.4 is 10.6 Å². The number of halogens is 2. The molecule has 2 aromatic carbocycles. The molecule has 0 aliphatic rings. The highest BCUT2D eigenvalue weighted by atomic mass is 35.5. The Morgan fingerprint density at radius 2 is 2.00 bits per heavy atom. The van der Waals surface area contributed by atoms with E-state index in [1.54, 1.807) is 6.07 Å². The van der Waals surface area contributed by atoms with E-state index >= 15 is 0 Å². The fraction of sp³-hybridized carbons (Fsp3) is 0.278. The topological polar surface area (TPSA) is 41.1 Å². The largest absolute Gasteiger partial charge is 0.336 e. The lowest BCUT2D eigenvalue weighted by Crippen LogP contribution is -2.39. The van der Waals surface area contributed by atoms with Gasteiger partial charge in [-0.25, -0.2) is 9.18 Å². The highest BCUT2D eigenvalue weighted by Crippen LogP contribution is 2.22. The smallest absolute Gasteiger partial charge is 0.315 e. The first kappa shape index (κ1) is 17.3. The number of carbonyl (C=O) groups excluding carboxylic acids is 1. The van der Waals surface area contributed by atoms with E-state index < -0.39 is 6.67 Å². The molecule has 2 amide bonds. The zero-order valence-corrected chi connectivity index (χ0v) is 13.7. The van der Waals surface area contributed by atoms with Gasteiger partial charge in [0.1, 0.15) is 6.67 Å². The average Bonchev–Trinajstić information content (AvgIpc) is 2.52. The lowest BCUT2D eigenvalue weighted by Gasteiger charge is -2.20. The van der Waals surface area contributed by atoms with E-state index in [4.69, 9.17) is 11.6 Å². The molecule has 0 radical (unpaired) electrons. The number of hydrogen-bond donors (Lipinski definition) is 2. The summed E-state index contributed by atoms with van der Waals surface area (Å²) in [5.41, 5.74) is 3.18. The van der Waals surface area contributed by atoms with Gasteiger partial charge in [0.15, 0.2) is 0 Å². The molecule has 0 fully saturated rings. The van der Waals surface area contributed by atoms with Gasteiger partial charge in [0.05, 0.1) is 6.04 Å². The molecule has 0 aromatic heterocycles. The molecule has 0 saturated carbocycles. The Balaban J connectivity index is 2.18. The molecule has 0 bridgehead atoms. The molecule has 1 unspecified atom stereocenters. The molecule has 0 heterocycles. The molecule has 122 valence electrons. The summed E-state index contributed by atoms with van der Waals surface area (Å²) in [5.74, 6) is 0. The van der Waals surface area contributed by atoms with Gasteiger partial charge in [-0.15, -0.1) is 0 Å². The van der Waals surface area contributed by atoms with Gasteiger partial charge in [0.2, 0.25) is 0 Å². The van der Waals surface area contributed by atoms with E-state index in [2.05, 4.69) is 16.7 Å². The standard InChI is InChI=1S/C18H20ClFN2O/c1-13-4-2-5-14(10-13)11-17(22-18(23)21-9-8-20)15-6-3-7-16(19)12-15/h2-7,10,12,17H,8-9,11H2,1H3,(H2,21,22,23). The Bertz CT molecular complexity index is 663. The lowest BCUT2D eigenvalue weighted by atomic mass is 9.98. The number of benzene rings is 2. The first-order valence-corrected chi connectivity index (χ1v) is 7.87. The molecular weight excluding hydrogens is 315 g/mol. The summed E-state index contributed by atoms with van der Waals surface area (Å²) in [6, 6.07) is 14.9. The number of carbonyl (C=O) groups is 1. The highest BCUT2D eigenvalue weighted by molar-refractivity contribution is 6.30. The molecule has 0 spiro atoms. The number of hydrogen-bond acceptors (Lipinski definition) is 1. The summed E-state index contributed by atoms with van der Waals surface area (Å²) in [4.78, 5) is 11.9. The van der Waals surface area contributed by atoms with Gasteiger partial charge in [0.25, 0.3) is 0 Å². The van der Waals surface area contributed by atoms with Gasteiger partial charge in [-0.3, -0.25) is 0 Å². The monoisotopic (exact) mass is 334 g/mol. The maximum absolute atomic E-state index is 12.2. The number of alkyl halides is 1. The second-order valence-electron chi connectivity index (χ2n) is 5.39. The second kappa shape index (κ2) is 8.53. The Morgan fingerprint density at radius 3 is 2.70 bits per heavy atom. The van der Waals surface area contributed by atoms with Crippen LogP contribution in [0, 0.1) is 6.92 Å². The molecule has 2 aromatic rings. The maximum atomic E-state index is 12.2. The van der Waals surface area contributed by atoms with Crippen molar-refractivity contribution < 1.29 is 9.18 Å². The first-order chi connectivity index (χ1) is 11.1. The van der Waals surface area contributed by atoms with E-state index in [-0.39, 0.29) is 18.6 Å². The first-order valence-electron chi connectivity index (χ1n) is 7.50. The van der Waals surface area contributed by atoms with Crippen LogP contribution >= 0.6 is 11.6 Å². The minimum Gasteiger partial charge on any atom is -0.336 e. The number of nitrogens with one attached hydrogen (secondary N) is 2. The van der Waals surface area contributed by atoms with Crippen LogP contribution in [0.4, 0.5) is 9.18 Å². The third-order valence-corrected chi connectivity index (χ3v) is 3.69. The van der Waals surface area contributed by atoms with Crippen LogP contribution in [0.2, 0.25) is 5.02 Å². The molecule has 2 rings (SSSR count). The molecule has 1 atom stereocenters. The average molecular weight is 335 g/mol. The fourth-order valence-electron chi connectivity index (χ4n) is 2.42. The zero-order valence-electron chi connectivity index (χ0n) is 13.0. The Morgan fingerprint density at radius 1 is 1.22 bits per heavy atom. The summed E-state index contributed by atoms with van der Waals surface area (Å²) in [6.07, 6.45) is 0.630. The molecule has 0 saturated heterocycles. The minimum atomic E-state index is -0.590. The van der Waals surface area contributed by atoms with Gasteiger partial charge >= 0.3 is 6.03 Å². The molecule has 0 aliphatic heterocycles. The van der Waals surface area contributed by atoms with Crippen molar-refractivity contribution in [3.05, 3.63) is 70.2 Å². The molecule has 23 heavy (non-hydrogen) atoms. The van der Waals surface area contributed by atoms with Crippen LogP contribution in [-0.2, 0) is 6.42 Å². The third kappa shape index (κ3) is 5.57. The molecule has 3 nitrogen and oxygen atoms in total. The quantitative estimate of drug-likeness (QED) is 0.816. The van der Waals surface area contributed by atoms with Crippen molar-refractivity contribution in [2.24, 2.45) is 0 Å². The summed E-state index contributed by atoms with van der Waals surface area (Å²) in [7, 11) is 0. The maximum Gasteiger partial charge on any atom is 0.315 e. The van der Waals surface area contributed by atoms with Crippen molar-refractivity contribution in [2.45, 2.75) is 19.4 Å². The summed E-state index contributed by atoms with van der Waals surface area (Å²) >= 11 is 6.06.